The molecule has 0 bridgehead atoms. The maximum Gasteiger partial charge on any atom is 0.298 e. The molecular formula is C22H19N3O3. The van der Waals surface area contributed by atoms with E-state index < -0.39 is 11.6 Å². The summed E-state index contributed by atoms with van der Waals surface area (Å²) in [4.78, 5) is 33.6. The zero-order chi connectivity index (χ0) is 19.1. The summed E-state index contributed by atoms with van der Waals surface area (Å²) in [5.74, 6) is -0.705. The molecule has 140 valence electrons. The van der Waals surface area contributed by atoms with Gasteiger partial charge in [-0.05, 0) is 5.56 Å². The molecular weight excluding hydrogens is 354 g/mol. The van der Waals surface area contributed by atoms with E-state index >= 15 is 0 Å². The summed E-state index contributed by atoms with van der Waals surface area (Å²) in [6, 6.07) is 17.8. The third kappa shape index (κ3) is 2.82. The lowest BCUT2D eigenvalue weighted by molar-refractivity contribution is 0.0812. The molecule has 2 aliphatic rings. The summed E-state index contributed by atoms with van der Waals surface area (Å²) in [7, 11) is 0. The van der Waals surface area contributed by atoms with E-state index in [-0.39, 0.29) is 5.69 Å². The van der Waals surface area contributed by atoms with Crippen LogP contribution in [0.2, 0.25) is 0 Å². The Hall–Kier alpha value is -3.25. The minimum atomic E-state index is -0.591. The predicted molar refractivity (Wildman–Crippen MR) is 105 cm³/mol. The second-order valence-electron chi connectivity index (χ2n) is 7.13. The lowest BCUT2D eigenvalue weighted by Gasteiger charge is -2.33. The van der Waals surface area contributed by atoms with E-state index in [0.29, 0.717) is 22.9 Å². The van der Waals surface area contributed by atoms with Gasteiger partial charge in [0, 0.05) is 43.9 Å². The fraction of sp³-hybridized carbons (Fsp3) is 0.227. The summed E-state index contributed by atoms with van der Waals surface area (Å²) < 4.78 is 5.97. The van der Waals surface area contributed by atoms with Gasteiger partial charge in [-0.1, -0.05) is 54.6 Å². The van der Waals surface area contributed by atoms with Gasteiger partial charge in [-0.15, -0.1) is 0 Å². The molecule has 6 nitrogen and oxygen atoms in total. The Kier molecular flexibility index (Phi) is 4.06. The van der Waals surface area contributed by atoms with Crippen LogP contribution < -0.4 is 4.90 Å². The van der Waals surface area contributed by atoms with Gasteiger partial charge in [0.2, 0.25) is 5.78 Å². The number of piperazine rings is 1. The molecule has 2 heterocycles. The summed E-state index contributed by atoms with van der Waals surface area (Å²) >= 11 is 0. The van der Waals surface area contributed by atoms with Gasteiger partial charge >= 0.3 is 0 Å². The van der Waals surface area contributed by atoms with Crippen LogP contribution in [0.5, 0.6) is 0 Å². The molecule has 28 heavy (non-hydrogen) atoms. The van der Waals surface area contributed by atoms with E-state index in [1.54, 1.807) is 18.2 Å². The van der Waals surface area contributed by atoms with Crippen LogP contribution in [-0.2, 0) is 6.54 Å². The topological polar surface area (TPSA) is 66.7 Å². The highest BCUT2D eigenvalue weighted by atomic mass is 16.4. The zero-order valence-electron chi connectivity index (χ0n) is 15.3. The van der Waals surface area contributed by atoms with Crippen molar-refractivity contribution in [1.82, 2.24) is 9.88 Å². The average Bonchev–Trinajstić information content (AvgIpc) is 3.19. The van der Waals surface area contributed by atoms with E-state index in [2.05, 4.69) is 34.1 Å². The van der Waals surface area contributed by atoms with Crippen molar-refractivity contribution in [2.45, 2.75) is 6.54 Å². The van der Waals surface area contributed by atoms with Gasteiger partial charge in [-0.2, -0.15) is 4.98 Å². The monoisotopic (exact) mass is 373 g/mol. The van der Waals surface area contributed by atoms with Gasteiger partial charge in [0.25, 0.3) is 11.8 Å². The number of hydrogen-bond donors (Lipinski definition) is 0. The van der Waals surface area contributed by atoms with Crippen LogP contribution in [0, 0.1) is 0 Å². The first-order valence-corrected chi connectivity index (χ1v) is 9.41. The molecule has 1 aliphatic carbocycles. The van der Waals surface area contributed by atoms with E-state index in [1.165, 1.54) is 5.56 Å². The Bertz CT molecular complexity index is 1050. The first-order valence-electron chi connectivity index (χ1n) is 9.41. The summed E-state index contributed by atoms with van der Waals surface area (Å²) in [6.45, 7) is 4.19. The number of carbonyl (C=O) groups excluding carboxylic acids is 2. The van der Waals surface area contributed by atoms with Crippen LogP contribution in [-0.4, -0.2) is 47.6 Å². The number of Topliss-reactive ketones (excluding diaryl/α,β-unsaturated/α-hetero) is 2. The molecule has 2 aromatic carbocycles. The first kappa shape index (κ1) is 16.9. The Morgan fingerprint density at radius 1 is 0.821 bits per heavy atom. The molecule has 1 fully saturated rings. The maximum absolute atomic E-state index is 12.4. The minimum absolute atomic E-state index is 0.130. The van der Waals surface area contributed by atoms with Crippen LogP contribution in [0.25, 0.3) is 11.3 Å². The minimum Gasteiger partial charge on any atom is -0.423 e. The number of fused-ring (bicyclic) bond motifs is 3. The van der Waals surface area contributed by atoms with Crippen molar-refractivity contribution < 1.29 is 14.0 Å². The third-order valence-electron chi connectivity index (χ3n) is 5.35. The standard InChI is InChI=1S/C22H19N3O3/c26-19-16-8-4-5-9-17(16)21-18(20(19)27)23-22(28-21)25-12-10-24(11-13-25)14-15-6-2-1-3-7-15/h1-9H,10-14H2. The fourth-order valence-electron chi connectivity index (χ4n) is 3.83. The second-order valence-corrected chi connectivity index (χ2v) is 7.13. The van der Waals surface area contributed by atoms with Crippen molar-refractivity contribution in [1.29, 1.82) is 0 Å². The van der Waals surface area contributed by atoms with E-state index in [1.807, 2.05) is 17.0 Å². The molecule has 0 atom stereocenters. The van der Waals surface area contributed by atoms with Gasteiger partial charge in [0.15, 0.2) is 11.5 Å². The van der Waals surface area contributed by atoms with Gasteiger partial charge in [0.05, 0.1) is 0 Å². The number of oxazole rings is 1. The molecule has 1 saturated heterocycles. The normalized spacial score (nSPS) is 16.8. The van der Waals surface area contributed by atoms with Crippen LogP contribution in [0.1, 0.15) is 26.4 Å². The smallest absolute Gasteiger partial charge is 0.298 e. The Morgan fingerprint density at radius 3 is 2.25 bits per heavy atom. The number of aromatic nitrogens is 1. The highest BCUT2D eigenvalue weighted by Gasteiger charge is 2.36. The maximum atomic E-state index is 12.4. The quantitative estimate of drug-likeness (QED) is 0.658. The van der Waals surface area contributed by atoms with Crippen molar-refractivity contribution in [3.05, 3.63) is 71.4 Å². The van der Waals surface area contributed by atoms with Crippen molar-refractivity contribution in [2.75, 3.05) is 31.1 Å². The number of ketones is 2. The molecule has 1 aromatic heterocycles. The third-order valence-corrected chi connectivity index (χ3v) is 5.35. The Labute approximate surface area is 162 Å². The Balaban J connectivity index is 1.35. The summed E-state index contributed by atoms with van der Waals surface area (Å²) in [6.07, 6.45) is 0. The lowest BCUT2D eigenvalue weighted by atomic mass is 9.91. The van der Waals surface area contributed by atoms with Crippen LogP contribution in [0.3, 0.4) is 0 Å². The molecule has 0 spiro atoms. The van der Waals surface area contributed by atoms with Crippen LogP contribution >= 0.6 is 0 Å². The lowest BCUT2D eigenvalue weighted by Crippen LogP contribution is -2.46. The van der Waals surface area contributed by atoms with E-state index in [9.17, 15) is 9.59 Å². The number of hydrogen-bond acceptors (Lipinski definition) is 6. The summed E-state index contributed by atoms with van der Waals surface area (Å²) in [5.41, 5.74) is 2.45. The van der Waals surface area contributed by atoms with Crippen LogP contribution in [0.15, 0.2) is 59.0 Å². The number of benzene rings is 2. The van der Waals surface area contributed by atoms with Gasteiger partial charge in [-0.3, -0.25) is 14.5 Å². The molecule has 0 amide bonds. The largest absolute Gasteiger partial charge is 0.423 e. The predicted octanol–water partition coefficient (Wildman–Crippen LogP) is 3.04. The highest BCUT2D eigenvalue weighted by Crippen LogP contribution is 2.36. The molecule has 1 aliphatic heterocycles. The number of carbonyl (C=O) groups is 2. The Morgan fingerprint density at radius 2 is 1.50 bits per heavy atom. The molecule has 0 saturated carbocycles. The SMILES string of the molecule is O=C1C(=O)c2nc(N3CCN(Cc4ccccc4)CC3)oc2-c2ccccc21. The summed E-state index contributed by atoms with van der Waals surface area (Å²) in [5, 5.41) is 0. The second kappa shape index (κ2) is 6.73. The molecule has 0 N–H and O–H groups in total. The van der Waals surface area contributed by atoms with Crippen molar-refractivity contribution in [3.8, 4) is 11.3 Å². The molecule has 6 heteroatoms. The van der Waals surface area contributed by atoms with Crippen LogP contribution in [0.4, 0.5) is 6.01 Å². The molecule has 5 rings (SSSR count). The zero-order valence-corrected chi connectivity index (χ0v) is 15.3. The van der Waals surface area contributed by atoms with Gasteiger partial charge in [-0.25, -0.2) is 0 Å². The van der Waals surface area contributed by atoms with E-state index in [4.69, 9.17) is 4.42 Å². The van der Waals surface area contributed by atoms with Gasteiger partial charge < -0.3 is 9.32 Å². The van der Waals surface area contributed by atoms with E-state index in [0.717, 1.165) is 32.7 Å². The van der Waals surface area contributed by atoms with Crippen molar-refractivity contribution >= 4 is 17.6 Å². The fourth-order valence-corrected chi connectivity index (χ4v) is 3.83. The number of anilines is 1. The first-order chi connectivity index (χ1) is 13.7. The van der Waals surface area contributed by atoms with Crippen molar-refractivity contribution in [3.63, 3.8) is 0 Å². The highest BCUT2D eigenvalue weighted by molar-refractivity contribution is 6.52. The van der Waals surface area contributed by atoms with Crippen molar-refractivity contribution in [2.24, 2.45) is 0 Å². The average molecular weight is 373 g/mol. The number of nitrogens with zero attached hydrogens (tertiary/aromatic N) is 3. The molecule has 0 radical (unpaired) electrons. The van der Waals surface area contributed by atoms with Gasteiger partial charge in [0.1, 0.15) is 0 Å². The molecule has 0 unspecified atom stereocenters. The number of rotatable bonds is 3. The molecule has 3 aromatic rings.